The Hall–Kier alpha value is -2.04. The average molecular weight is 265 g/mol. The van der Waals surface area contributed by atoms with E-state index in [-0.39, 0.29) is 18.9 Å². The number of hydrogen-bond acceptors (Lipinski definition) is 3. The first-order valence-electron chi connectivity index (χ1n) is 6.32. The van der Waals surface area contributed by atoms with Gasteiger partial charge in [0.25, 0.3) is 5.91 Å². The van der Waals surface area contributed by atoms with Crippen LogP contribution in [0.25, 0.3) is 0 Å². The largest absolute Gasteiger partial charge is 0.484 e. The molecule has 5 heteroatoms. The number of benzene rings is 1. The fourth-order valence-corrected chi connectivity index (χ4v) is 1.52. The number of carboxylic acids is 1. The lowest BCUT2D eigenvalue weighted by Crippen LogP contribution is -2.29. The standard InChI is InChI=1S/C14H19NO4/c1-2-11-5-3-6-12(9-11)19-10-13(16)15-8-4-7-14(17)18/h3,5-6,9H,2,4,7-8,10H2,1H3,(H,15,16)(H,17,18). The molecule has 19 heavy (non-hydrogen) atoms. The number of rotatable bonds is 8. The normalized spacial score (nSPS) is 9.95. The Labute approximate surface area is 112 Å². The summed E-state index contributed by atoms with van der Waals surface area (Å²) in [6.45, 7) is 2.35. The molecule has 0 aliphatic heterocycles. The van der Waals surface area contributed by atoms with Crippen molar-refractivity contribution in [3.63, 3.8) is 0 Å². The minimum atomic E-state index is -0.859. The highest BCUT2D eigenvalue weighted by molar-refractivity contribution is 5.77. The number of carbonyl (C=O) groups is 2. The molecule has 0 saturated carbocycles. The van der Waals surface area contributed by atoms with Crippen molar-refractivity contribution in [3.8, 4) is 5.75 Å². The number of hydrogen-bond donors (Lipinski definition) is 2. The number of aryl methyl sites for hydroxylation is 1. The maximum Gasteiger partial charge on any atom is 0.303 e. The van der Waals surface area contributed by atoms with E-state index < -0.39 is 5.97 Å². The fraction of sp³-hybridized carbons (Fsp3) is 0.429. The van der Waals surface area contributed by atoms with Gasteiger partial charge in [-0.25, -0.2) is 0 Å². The lowest BCUT2D eigenvalue weighted by Gasteiger charge is -2.08. The second-order valence-electron chi connectivity index (χ2n) is 4.14. The predicted octanol–water partition coefficient (Wildman–Crippen LogP) is 1.61. The SMILES string of the molecule is CCc1cccc(OCC(=O)NCCCC(=O)O)c1. The third kappa shape index (κ3) is 6.45. The zero-order valence-corrected chi connectivity index (χ0v) is 11.0. The van der Waals surface area contributed by atoms with E-state index in [1.54, 1.807) is 6.07 Å². The van der Waals surface area contributed by atoms with Gasteiger partial charge >= 0.3 is 5.97 Å². The molecule has 1 aromatic rings. The summed E-state index contributed by atoms with van der Waals surface area (Å²) in [6, 6.07) is 7.59. The van der Waals surface area contributed by atoms with Crippen molar-refractivity contribution in [3.05, 3.63) is 29.8 Å². The van der Waals surface area contributed by atoms with Crippen LogP contribution in [0.3, 0.4) is 0 Å². The number of nitrogens with one attached hydrogen (secondary N) is 1. The molecule has 0 spiro atoms. The molecule has 104 valence electrons. The van der Waals surface area contributed by atoms with Crippen molar-refractivity contribution in [2.75, 3.05) is 13.2 Å². The average Bonchev–Trinajstić information content (AvgIpc) is 2.41. The van der Waals surface area contributed by atoms with E-state index in [1.165, 1.54) is 0 Å². The number of amides is 1. The van der Waals surface area contributed by atoms with Gasteiger partial charge in [0.15, 0.2) is 6.61 Å². The maximum atomic E-state index is 11.4. The van der Waals surface area contributed by atoms with Crippen molar-refractivity contribution >= 4 is 11.9 Å². The Bertz CT molecular complexity index is 431. The smallest absolute Gasteiger partial charge is 0.303 e. The first-order valence-corrected chi connectivity index (χ1v) is 6.32. The molecule has 0 saturated heterocycles. The lowest BCUT2D eigenvalue weighted by atomic mass is 10.2. The molecule has 5 nitrogen and oxygen atoms in total. The Morgan fingerprint density at radius 1 is 1.37 bits per heavy atom. The van der Waals surface area contributed by atoms with Gasteiger partial charge in [-0.2, -0.15) is 0 Å². The van der Waals surface area contributed by atoms with Crippen molar-refractivity contribution in [2.24, 2.45) is 0 Å². The molecule has 0 atom stereocenters. The van der Waals surface area contributed by atoms with Gasteiger partial charge in [0, 0.05) is 13.0 Å². The molecule has 0 aromatic heterocycles. The van der Waals surface area contributed by atoms with E-state index in [0.29, 0.717) is 18.7 Å². The van der Waals surface area contributed by atoms with Crippen molar-refractivity contribution in [1.82, 2.24) is 5.32 Å². The molecule has 0 bridgehead atoms. The highest BCUT2D eigenvalue weighted by Gasteiger charge is 2.03. The molecule has 0 aliphatic carbocycles. The Morgan fingerprint density at radius 3 is 2.84 bits per heavy atom. The summed E-state index contributed by atoms with van der Waals surface area (Å²) in [6.07, 6.45) is 1.39. The van der Waals surface area contributed by atoms with Crippen molar-refractivity contribution in [1.29, 1.82) is 0 Å². The first kappa shape index (κ1) is 15.0. The summed E-state index contributed by atoms with van der Waals surface area (Å²) in [5.41, 5.74) is 1.15. The number of carbonyl (C=O) groups excluding carboxylic acids is 1. The Balaban J connectivity index is 2.24. The minimum Gasteiger partial charge on any atom is -0.484 e. The number of ether oxygens (including phenoxy) is 1. The summed E-state index contributed by atoms with van der Waals surface area (Å²) in [5, 5.41) is 11.1. The molecule has 1 aromatic carbocycles. The molecule has 2 N–H and O–H groups in total. The van der Waals surface area contributed by atoms with Crippen LogP contribution >= 0.6 is 0 Å². The van der Waals surface area contributed by atoms with Crippen LogP contribution < -0.4 is 10.1 Å². The molecule has 0 aliphatic rings. The van der Waals surface area contributed by atoms with Gasteiger partial charge in [-0.1, -0.05) is 19.1 Å². The third-order valence-corrected chi connectivity index (χ3v) is 2.57. The molecule has 0 fully saturated rings. The molecule has 1 rings (SSSR count). The van der Waals surface area contributed by atoms with Crippen LogP contribution in [0.15, 0.2) is 24.3 Å². The highest BCUT2D eigenvalue weighted by Crippen LogP contribution is 2.13. The Kier molecular flexibility index (Phi) is 6.43. The number of carboxylic acid groups (broad SMARTS) is 1. The van der Waals surface area contributed by atoms with Crippen molar-refractivity contribution in [2.45, 2.75) is 26.2 Å². The first-order chi connectivity index (χ1) is 9.11. The summed E-state index contributed by atoms with van der Waals surface area (Å²) < 4.78 is 5.36. The monoisotopic (exact) mass is 265 g/mol. The van der Waals surface area contributed by atoms with Crippen LogP contribution in [0.2, 0.25) is 0 Å². The van der Waals surface area contributed by atoms with Gasteiger partial charge in [-0.05, 0) is 30.5 Å². The zero-order valence-electron chi connectivity index (χ0n) is 11.0. The highest BCUT2D eigenvalue weighted by atomic mass is 16.5. The molecule has 1 amide bonds. The third-order valence-electron chi connectivity index (χ3n) is 2.57. The fourth-order valence-electron chi connectivity index (χ4n) is 1.52. The minimum absolute atomic E-state index is 0.0552. The number of aliphatic carboxylic acids is 1. The van der Waals surface area contributed by atoms with Crippen LogP contribution in [0.5, 0.6) is 5.75 Å². The zero-order chi connectivity index (χ0) is 14.1. The summed E-state index contributed by atoms with van der Waals surface area (Å²) >= 11 is 0. The summed E-state index contributed by atoms with van der Waals surface area (Å²) in [7, 11) is 0. The molecule has 0 radical (unpaired) electrons. The quantitative estimate of drug-likeness (QED) is 0.700. The van der Waals surface area contributed by atoms with Crippen molar-refractivity contribution < 1.29 is 19.4 Å². The molecular weight excluding hydrogens is 246 g/mol. The van der Waals surface area contributed by atoms with Crippen LogP contribution in [0.4, 0.5) is 0 Å². The van der Waals surface area contributed by atoms with E-state index in [9.17, 15) is 9.59 Å². The predicted molar refractivity (Wildman–Crippen MR) is 71.2 cm³/mol. The van der Waals surface area contributed by atoms with Crippen LogP contribution in [-0.2, 0) is 16.0 Å². The van der Waals surface area contributed by atoms with Gasteiger partial charge in [0.1, 0.15) is 5.75 Å². The van der Waals surface area contributed by atoms with Gasteiger partial charge in [0.05, 0.1) is 0 Å². The van der Waals surface area contributed by atoms with E-state index in [0.717, 1.165) is 12.0 Å². The van der Waals surface area contributed by atoms with Gasteiger partial charge in [-0.3, -0.25) is 9.59 Å². The van der Waals surface area contributed by atoms with Crippen LogP contribution in [0, 0.1) is 0 Å². The summed E-state index contributed by atoms with van der Waals surface area (Å²) in [4.78, 5) is 21.7. The van der Waals surface area contributed by atoms with E-state index in [1.807, 2.05) is 25.1 Å². The van der Waals surface area contributed by atoms with Gasteiger partial charge in [-0.15, -0.1) is 0 Å². The van der Waals surface area contributed by atoms with E-state index in [4.69, 9.17) is 9.84 Å². The van der Waals surface area contributed by atoms with Gasteiger partial charge < -0.3 is 15.2 Å². The second kappa shape index (κ2) is 8.13. The van der Waals surface area contributed by atoms with Crippen LogP contribution in [0.1, 0.15) is 25.3 Å². The summed E-state index contributed by atoms with van der Waals surface area (Å²) in [5.74, 6) is -0.436. The van der Waals surface area contributed by atoms with Crippen LogP contribution in [-0.4, -0.2) is 30.1 Å². The van der Waals surface area contributed by atoms with Gasteiger partial charge in [0.2, 0.25) is 0 Å². The molecular formula is C14H19NO4. The maximum absolute atomic E-state index is 11.4. The lowest BCUT2D eigenvalue weighted by molar-refractivity contribution is -0.137. The van der Waals surface area contributed by atoms with E-state index >= 15 is 0 Å². The molecule has 0 unspecified atom stereocenters. The van der Waals surface area contributed by atoms with E-state index in [2.05, 4.69) is 5.32 Å². The molecule has 0 heterocycles. The second-order valence-corrected chi connectivity index (χ2v) is 4.14. The topological polar surface area (TPSA) is 75.6 Å². The Morgan fingerprint density at radius 2 is 2.16 bits per heavy atom.